The van der Waals surface area contributed by atoms with Crippen molar-refractivity contribution in [3.63, 3.8) is 0 Å². The summed E-state index contributed by atoms with van der Waals surface area (Å²) in [6, 6.07) is 5.95. The number of amides is 1. The van der Waals surface area contributed by atoms with Gasteiger partial charge in [0.05, 0.1) is 12.8 Å². The standard InChI is InChI=1S/C18H27N3O2/c1-23-17-13-15(4-5-16(17)19)20-10-6-14(7-11-20)12-18(22)21-8-2-3-9-21/h4-5,13-14H,2-3,6-12,19H2,1H3. The summed E-state index contributed by atoms with van der Waals surface area (Å²) >= 11 is 0. The summed E-state index contributed by atoms with van der Waals surface area (Å²) in [6.07, 6.45) is 5.21. The number of nitrogens with two attached hydrogens (primary N) is 1. The Bertz CT molecular complexity index is 547. The van der Waals surface area contributed by atoms with E-state index in [0.717, 1.165) is 56.9 Å². The number of hydrogen-bond acceptors (Lipinski definition) is 4. The average Bonchev–Trinajstić information content (AvgIpc) is 3.11. The molecule has 2 aliphatic heterocycles. The molecule has 0 saturated carbocycles. The van der Waals surface area contributed by atoms with Crippen LogP contribution in [0.1, 0.15) is 32.1 Å². The minimum absolute atomic E-state index is 0.357. The third-order valence-electron chi connectivity index (χ3n) is 5.12. The van der Waals surface area contributed by atoms with Crippen molar-refractivity contribution in [2.45, 2.75) is 32.1 Å². The van der Waals surface area contributed by atoms with Gasteiger partial charge in [-0.1, -0.05) is 0 Å². The summed E-state index contributed by atoms with van der Waals surface area (Å²) in [5.74, 6) is 1.61. The Kier molecular flexibility index (Phi) is 4.94. The van der Waals surface area contributed by atoms with Crippen LogP contribution >= 0.6 is 0 Å². The Morgan fingerprint density at radius 3 is 2.57 bits per heavy atom. The van der Waals surface area contributed by atoms with E-state index in [1.807, 2.05) is 23.1 Å². The van der Waals surface area contributed by atoms with Crippen molar-refractivity contribution in [1.29, 1.82) is 0 Å². The highest BCUT2D eigenvalue weighted by atomic mass is 16.5. The fraction of sp³-hybridized carbons (Fsp3) is 0.611. The van der Waals surface area contributed by atoms with E-state index >= 15 is 0 Å². The minimum Gasteiger partial charge on any atom is -0.495 e. The zero-order chi connectivity index (χ0) is 16.2. The Morgan fingerprint density at radius 1 is 1.22 bits per heavy atom. The summed E-state index contributed by atoms with van der Waals surface area (Å²) in [6.45, 7) is 3.90. The topological polar surface area (TPSA) is 58.8 Å². The molecular weight excluding hydrogens is 290 g/mol. The van der Waals surface area contributed by atoms with Crippen LogP contribution in [0.5, 0.6) is 5.75 Å². The fourth-order valence-electron chi connectivity index (χ4n) is 3.63. The number of nitrogens with zero attached hydrogens (tertiary/aromatic N) is 2. The van der Waals surface area contributed by atoms with Crippen LogP contribution in [0.3, 0.4) is 0 Å². The van der Waals surface area contributed by atoms with E-state index in [0.29, 0.717) is 17.5 Å². The number of rotatable bonds is 4. The molecule has 2 saturated heterocycles. The van der Waals surface area contributed by atoms with Gasteiger partial charge in [-0.3, -0.25) is 4.79 Å². The van der Waals surface area contributed by atoms with Gasteiger partial charge in [-0.05, 0) is 43.7 Å². The van der Waals surface area contributed by atoms with Crippen LogP contribution in [-0.2, 0) is 4.79 Å². The molecule has 5 nitrogen and oxygen atoms in total. The Hall–Kier alpha value is -1.91. The predicted octanol–water partition coefficient (Wildman–Crippen LogP) is 2.51. The lowest BCUT2D eigenvalue weighted by molar-refractivity contribution is -0.131. The lowest BCUT2D eigenvalue weighted by atomic mass is 9.92. The first-order chi connectivity index (χ1) is 11.2. The average molecular weight is 317 g/mol. The van der Waals surface area contributed by atoms with Crippen LogP contribution in [-0.4, -0.2) is 44.1 Å². The maximum Gasteiger partial charge on any atom is 0.222 e. The quantitative estimate of drug-likeness (QED) is 0.867. The molecule has 0 atom stereocenters. The maximum atomic E-state index is 12.3. The number of carbonyl (C=O) groups is 1. The van der Waals surface area contributed by atoms with Crippen LogP contribution in [0.4, 0.5) is 11.4 Å². The van der Waals surface area contributed by atoms with Crippen LogP contribution in [0.2, 0.25) is 0 Å². The van der Waals surface area contributed by atoms with Crippen molar-refractivity contribution < 1.29 is 9.53 Å². The number of methoxy groups -OCH3 is 1. The fourth-order valence-corrected chi connectivity index (χ4v) is 3.63. The number of piperidine rings is 1. The van der Waals surface area contributed by atoms with E-state index in [4.69, 9.17) is 10.5 Å². The number of nitrogen functional groups attached to an aromatic ring is 1. The lowest BCUT2D eigenvalue weighted by Crippen LogP contribution is -2.36. The van der Waals surface area contributed by atoms with E-state index in [1.54, 1.807) is 7.11 Å². The van der Waals surface area contributed by atoms with Gasteiger partial charge in [0.15, 0.2) is 0 Å². The highest BCUT2D eigenvalue weighted by molar-refractivity contribution is 5.76. The monoisotopic (exact) mass is 317 g/mol. The van der Waals surface area contributed by atoms with Crippen molar-refractivity contribution in [3.05, 3.63) is 18.2 Å². The Morgan fingerprint density at radius 2 is 1.91 bits per heavy atom. The third kappa shape index (κ3) is 3.71. The molecule has 1 aromatic rings. The summed E-state index contributed by atoms with van der Waals surface area (Å²) in [5.41, 5.74) is 7.70. The molecule has 1 aromatic carbocycles. The van der Waals surface area contributed by atoms with Crippen LogP contribution in [0.15, 0.2) is 18.2 Å². The molecular formula is C18H27N3O2. The number of anilines is 2. The SMILES string of the molecule is COc1cc(N2CCC(CC(=O)N3CCCC3)CC2)ccc1N. The van der Waals surface area contributed by atoms with E-state index in [9.17, 15) is 4.79 Å². The van der Waals surface area contributed by atoms with Gasteiger partial charge < -0.3 is 20.3 Å². The molecule has 0 aromatic heterocycles. The molecule has 2 heterocycles. The minimum atomic E-state index is 0.357. The molecule has 0 radical (unpaired) electrons. The van der Waals surface area contributed by atoms with E-state index < -0.39 is 0 Å². The molecule has 0 spiro atoms. The predicted molar refractivity (Wildman–Crippen MR) is 92.8 cm³/mol. The van der Waals surface area contributed by atoms with Gasteiger partial charge in [-0.15, -0.1) is 0 Å². The van der Waals surface area contributed by atoms with Crippen molar-refractivity contribution >= 4 is 17.3 Å². The second kappa shape index (κ2) is 7.11. The van der Waals surface area contributed by atoms with Gasteiger partial charge in [-0.25, -0.2) is 0 Å². The number of benzene rings is 1. The van der Waals surface area contributed by atoms with Gasteiger partial charge in [0.25, 0.3) is 0 Å². The molecule has 2 fully saturated rings. The van der Waals surface area contributed by atoms with Gasteiger partial charge in [-0.2, -0.15) is 0 Å². The zero-order valence-electron chi connectivity index (χ0n) is 14.0. The smallest absolute Gasteiger partial charge is 0.222 e. The molecule has 1 amide bonds. The van der Waals surface area contributed by atoms with E-state index in [2.05, 4.69) is 4.90 Å². The van der Waals surface area contributed by atoms with Crippen molar-refractivity contribution in [2.75, 3.05) is 43.9 Å². The molecule has 23 heavy (non-hydrogen) atoms. The molecule has 0 unspecified atom stereocenters. The molecule has 2 aliphatic rings. The normalized spacial score (nSPS) is 19.2. The van der Waals surface area contributed by atoms with Crippen LogP contribution in [0.25, 0.3) is 0 Å². The van der Waals surface area contributed by atoms with Crippen molar-refractivity contribution in [2.24, 2.45) is 5.92 Å². The van der Waals surface area contributed by atoms with Gasteiger partial charge in [0.1, 0.15) is 5.75 Å². The second-order valence-electron chi connectivity index (χ2n) is 6.65. The van der Waals surface area contributed by atoms with Gasteiger partial charge in [0, 0.05) is 44.4 Å². The number of hydrogen-bond donors (Lipinski definition) is 1. The van der Waals surface area contributed by atoms with Crippen molar-refractivity contribution in [1.82, 2.24) is 4.90 Å². The molecule has 0 bridgehead atoms. The molecule has 126 valence electrons. The van der Waals surface area contributed by atoms with Gasteiger partial charge >= 0.3 is 0 Å². The van der Waals surface area contributed by atoms with Crippen LogP contribution in [0, 0.1) is 5.92 Å². The first-order valence-corrected chi connectivity index (χ1v) is 8.63. The number of ether oxygens (including phenoxy) is 1. The zero-order valence-corrected chi connectivity index (χ0v) is 14.0. The van der Waals surface area contributed by atoms with E-state index in [1.165, 1.54) is 12.8 Å². The molecule has 5 heteroatoms. The molecule has 2 N–H and O–H groups in total. The first-order valence-electron chi connectivity index (χ1n) is 8.63. The van der Waals surface area contributed by atoms with Gasteiger partial charge in [0.2, 0.25) is 5.91 Å². The molecule has 0 aliphatic carbocycles. The van der Waals surface area contributed by atoms with Crippen LogP contribution < -0.4 is 15.4 Å². The maximum absolute atomic E-state index is 12.3. The highest BCUT2D eigenvalue weighted by Crippen LogP contribution is 2.31. The Labute approximate surface area is 138 Å². The summed E-state index contributed by atoms with van der Waals surface area (Å²) in [5, 5.41) is 0. The van der Waals surface area contributed by atoms with Crippen molar-refractivity contribution in [3.8, 4) is 5.75 Å². The number of carbonyl (C=O) groups excluding carboxylic acids is 1. The lowest BCUT2D eigenvalue weighted by Gasteiger charge is -2.34. The number of likely N-dealkylation sites (tertiary alicyclic amines) is 1. The Balaban J connectivity index is 1.53. The van der Waals surface area contributed by atoms with E-state index in [-0.39, 0.29) is 0 Å². The summed E-state index contributed by atoms with van der Waals surface area (Å²) < 4.78 is 5.31. The highest BCUT2D eigenvalue weighted by Gasteiger charge is 2.25. The second-order valence-corrected chi connectivity index (χ2v) is 6.65. The summed E-state index contributed by atoms with van der Waals surface area (Å²) in [7, 11) is 1.64. The third-order valence-corrected chi connectivity index (χ3v) is 5.12. The summed E-state index contributed by atoms with van der Waals surface area (Å²) in [4.78, 5) is 16.7. The largest absolute Gasteiger partial charge is 0.495 e. The first kappa shape index (κ1) is 16.0. The molecule has 3 rings (SSSR count).